The Morgan fingerprint density at radius 1 is 1.28 bits per heavy atom. The molecule has 90 valence electrons. The summed E-state index contributed by atoms with van der Waals surface area (Å²) in [7, 11) is 0. The van der Waals surface area contributed by atoms with E-state index in [1.165, 1.54) is 12.5 Å². The molecule has 0 radical (unpaired) electrons. The average molecular weight is 239 g/mol. The molecule has 0 saturated heterocycles. The highest BCUT2D eigenvalue weighted by molar-refractivity contribution is 5.52. The average Bonchev–Trinajstić information content (AvgIpc) is 2.46. The van der Waals surface area contributed by atoms with E-state index in [9.17, 15) is 0 Å². The minimum Gasteiger partial charge on any atom is -0.351 e. The van der Waals surface area contributed by atoms with E-state index in [1.807, 2.05) is 24.0 Å². The van der Waals surface area contributed by atoms with Crippen molar-refractivity contribution in [2.75, 3.05) is 11.4 Å². The van der Waals surface area contributed by atoms with E-state index in [1.54, 1.807) is 12.4 Å². The molecule has 2 aromatic heterocycles. The van der Waals surface area contributed by atoms with Crippen molar-refractivity contribution in [3.8, 4) is 6.07 Å². The van der Waals surface area contributed by atoms with Gasteiger partial charge in [0.05, 0.1) is 6.20 Å². The predicted octanol–water partition coefficient (Wildman–Crippen LogP) is 1.77. The SMILES string of the molecule is CCN(Cc1ccncc1)c1ncncc1C#N. The fraction of sp³-hybridized carbons (Fsp3) is 0.231. The zero-order valence-electron chi connectivity index (χ0n) is 10.1. The molecule has 2 aromatic rings. The first kappa shape index (κ1) is 12.0. The molecule has 0 aromatic carbocycles. The van der Waals surface area contributed by atoms with Gasteiger partial charge in [-0.25, -0.2) is 9.97 Å². The highest BCUT2D eigenvalue weighted by atomic mass is 15.2. The Morgan fingerprint density at radius 2 is 2.06 bits per heavy atom. The van der Waals surface area contributed by atoms with Crippen molar-refractivity contribution in [3.05, 3.63) is 48.2 Å². The Kier molecular flexibility index (Phi) is 3.82. The molecule has 2 rings (SSSR count). The second kappa shape index (κ2) is 5.73. The largest absolute Gasteiger partial charge is 0.351 e. The topological polar surface area (TPSA) is 65.7 Å². The number of pyridine rings is 1. The Bertz CT molecular complexity index is 547. The van der Waals surface area contributed by atoms with Gasteiger partial charge in [-0.15, -0.1) is 0 Å². The van der Waals surface area contributed by atoms with Gasteiger partial charge in [0.1, 0.15) is 23.8 Å². The van der Waals surface area contributed by atoms with Crippen LogP contribution in [0.2, 0.25) is 0 Å². The van der Waals surface area contributed by atoms with Gasteiger partial charge in [-0.1, -0.05) is 0 Å². The number of nitrogens with zero attached hydrogens (tertiary/aromatic N) is 5. The first-order valence-corrected chi connectivity index (χ1v) is 5.69. The van der Waals surface area contributed by atoms with Crippen molar-refractivity contribution < 1.29 is 0 Å². The van der Waals surface area contributed by atoms with Crippen molar-refractivity contribution in [3.63, 3.8) is 0 Å². The molecule has 18 heavy (non-hydrogen) atoms. The van der Waals surface area contributed by atoms with Crippen LogP contribution < -0.4 is 4.90 Å². The van der Waals surface area contributed by atoms with Crippen molar-refractivity contribution in [1.29, 1.82) is 5.26 Å². The molecule has 0 amide bonds. The molecule has 5 heteroatoms. The van der Waals surface area contributed by atoms with E-state index in [2.05, 4.69) is 21.0 Å². The molecule has 5 nitrogen and oxygen atoms in total. The van der Waals surface area contributed by atoms with E-state index in [4.69, 9.17) is 5.26 Å². The molecule has 0 atom stereocenters. The van der Waals surface area contributed by atoms with Gasteiger partial charge in [0, 0.05) is 25.5 Å². The lowest BCUT2D eigenvalue weighted by atomic mass is 10.2. The van der Waals surface area contributed by atoms with Gasteiger partial charge < -0.3 is 4.90 Å². The summed E-state index contributed by atoms with van der Waals surface area (Å²) < 4.78 is 0. The van der Waals surface area contributed by atoms with Gasteiger partial charge in [0.15, 0.2) is 0 Å². The monoisotopic (exact) mass is 239 g/mol. The maximum absolute atomic E-state index is 9.06. The van der Waals surface area contributed by atoms with Crippen LogP contribution in [0.1, 0.15) is 18.1 Å². The number of anilines is 1. The molecular weight excluding hydrogens is 226 g/mol. The molecule has 0 spiro atoms. The Morgan fingerprint density at radius 3 is 2.72 bits per heavy atom. The summed E-state index contributed by atoms with van der Waals surface area (Å²) in [5, 5.41) is 9.06. The van der Waals surface area contributed by atoms with Gasteiger partial charge in [0.25, 0.3) is 0 Å². The van der Waals surface area contributed by atoms with Crippen molar-refractivity contribution in [1.82, 2.24) is 15.0 Å². The van der Waals surface area contributed by atoms with E-state index in [0.29, 0.717) is 17.9 Å². The highest BCUT2D eigenvalue weighted by Gasteiger charge is 2.11. The lowest BCUT2D eigenvalue weighted by Gasteiger charge is -2.22. The predicted molar refractivity (Wildman–Crippen MR) is 67.7 cm³/mol. The van der Waals surface area contributed by atoms with Gasteiger partial charge in [-0.05, 0) is 24.6 Å². The second-order valence-electron chi connectivity index (χ2n) is 3.74. The van der Waals surface area contributed by atoms with Gasteiger partial charge >= 0.3 is 0 Å². The summed E-state index contributed by atoms with van der Waals surface area (Å²) in [6, 6.07) is 6.03. The van der Waals surface area contributed by atoms with Crippen LogP contribution in [-0.4, -0.2) is 21.5 Å². The lowest BCUT2D eigenvalue weighted by Crippen LogP contribution is -2.24. The number of hydrogen-bond donors (Lipinski definition) is 0. The van der Waals surface area contributed by atoms with Crippen LogP contribution >= 0.6 is 0 Å². The van der Waals surface area contributed by atoms with Gasteiger partial charge in [-0.3, -0.25) is 4.98 Å². The van der Waals surface area contributed by atoms with E-state index in [0.717, 1.165) is 12.1 Å². The quantitative estimate of drug-likeness (QED) is 0.813. The fourth-order valence-electron chi connectivity index (χ4n) is 1.70. The van der Waals surface area contributed by atoms with Crippen LogP contribution in [0, 0.1) is 11.3 Å². The smallest absolute Gasteiger partial charge is 0.150 e. The molecule has 0 N–H and O–H groups in total. The summed E-state index contributed by atoms with van der Waals surface area (Å²) in [6.45, 7) is 3.50. The molecular formula is C13H13N5. The summed E-state index contributed by atoms with van der Waals surface area (Å²) in [5.41, 5.74) is 1.63. The summed E-state index contributed by atoms with van der Waals surface area (Å²) >= 11 is 0. The van der Waals surface area contributed by atoms with E-state index in [-0.39, 0.29) is 0 Å². The standard InChI is InChI=1S/C13H13N5/c1-2-18(9-11-3-5-15-6-4-11)13-12(7-14)8-16-10-17-13/h3-6,8,10H,2,9H2,1H3. The molecule has 0 bridgehead atoms. The van der Waals surface area contributed by atoms with Crippen LogP contribution in [0.25, 0.3) is 0 Å². The summed E-state index contributed by atoms with van der Waals surface area (Å²) in [6.07, 6.45) is 6.52. The number of hydrogen-bond acceptors (Lipinski definition) is 5. The maximum Gasteiger partial charge on any atom is 0.150 e. The molecule has 0 aliphatic heterocycles. The first-order chi connectivity index (χ1) is 8.85. The Hall–Kier alpha value is -2.48. The third-order valence-electron chi connectivity index (χ3n) is 2.62. The minimum atomic E-state index is 0.494. The Labute approximate surface area is 106 Å². The van der Waals surface area contributed by atoms with Gasteiger partial charge in [-0.2, -0.15) is 5.26 Å². The normalized spacial score (nSPS) is 9.78. The molecule has 0 unspecified atom stereocenters. The third-order valence-corrected chi connectivity index (χ3v) is 2.62. The molecule has 0 aliphatic carbocycles. The van der Waals surface area contributed by atoms with E-state index >= 15 is 0 Å². The molecule has 0 aliphatic rings. The van der Waals surface area contributed by atoms with Crippen LogP contribution in [-0.2, 0) is 6.54 Å². The van der Waals surface area contributed by atoms with Crippen LogP contribution in [0.15, 0.2) is 37.1 Å². The summed E-state index contributed by atoms with van der Waals surface area (Å²) in [5.74, 6) is 0.673. The van der Waals surface area contributed by atoms with Crippen molar-refractivity contribution in [2.24, 2.45) is 0 Å². The fourth-order valence-corrected chi connectivity index (χ4v) is 1.70. The molecule has 0 fully saturated rings. The molecule has 2 heterocycles. The van der Waals surface area contributed by atoms with Crippen LogP contribution in [0.5, 0.6) is 0 Å². The van der Waals surface area contributed by atoms with Crippen molar-refractivity contribution >= 4 is 5.82 Å². The third kappa shape index (κ3) is 2.61. The van der Waals surface area contributed by atoms with Gasteiger partial charge in [0.2, 0.25) is 0 Å². The zero-order chi connectivity index (χ0) is 12.8. The lowest BCUT2D eigenvalue weighted by molar-refractivity contribution is 0.806. The van der Waals surface area contributed by atoms with Crippen LogP contribution in [0.3, 0.4) is 0 Å². The number of nitriles is 1. The summed E-state index contributed by atoms with van der Waals surface area (Å²) in [4.78, 5) is 14.1. The minimum absolute atomic E-state index is 0.494. The Balaban J connectivity index is 2.27. The first-order valence-electron chi connectivity index (χ1n) is 5.69. The number of rotatable bonds is 4. The number of aromatic nitrogens is 3. The second-order valence-corrected chi connectivity index (χ2v) is 3.74. The van der Waals surface area contributed by atoms with E-state index < -0.39 is 0 Å². The van der Waals surface area contributed by atoms with Crippen LogP contribution in [0.4, 0.5) is 5.82 Å². The zero-order valence-corrected chi connectivity index (χ0v) is 10.1. The maximum atomic E-state index is 9.06. The van der Waals surface area contributed by atoms with Crippen molar-refractivity contribution in [2.45, 2.75) is 13.5 Å². The molecule has 0 saturated carbocycles. The highest BCUT2D eigenvalue weighted by Crippen LogP contribution is 2.17.